The van der Waals surface area contributed by atoms with Crippen molar-refractivity contribution in [1.82, 2.24) is 0 Å². The van der Waals surface area contributed by atoms with Crippen molar-refractivity contribution in [3.05, 3.63) is 95.6 Å². The van der Waals surface area contributed by atoms with Gasteiger partial charge in [-0.1, -0.05) is 24.3 Å². The largest absolute Gasteiger partial charge is 0.257 e. The third-order valence-corrected chi connectivity index (χ3v) is 5.70. The van der Waals surface area contributed by atoms with Crippen LogP contribution in [0.25, 0.3) is 0 Å². The Hall–Kier alpha value is -3.10. The summed E-state index contributed by atoms with van der Waals surface area (Å²) in [6.45, 7) is 0. The molecule has 5 nitrogen and oxygen atoms in total. The van der Waals surface area contributed by atoms with Crippen LogP contribution in [-0.2, 0) is 10.0 Å². The third-order valence-electron chi connectivity index (χ3n) is 4.77. The van der Waals surface area contributed by atoms with Crippen LogP contribution >= 0.6 is 0 Å². The number of hydrazone groups is 1. The van der Waals surface area contributed by atoms with E-state index in [1.54, 1.807) is 41.4 Å². The maximum atomic E-state index is 13.4. The standard InChI is InChI=1S/C21H17F2N3O2S/c22-16-5-1-14(2-6-16)20-13-21(15-3-7-17(23)8-4-15)26(25-20)18-9-11-19(12-10-18)29(24,27)28/h1-12,21H,13H2,(H2,24,27,28)/t21-/m1/s1. The van der Waals surface area contributed by atoms with Crippen LogP contribution in [0.15, 0.2) is 82.8 Å². The van der Waals surface area contributed by atoms with E-state index in [0.29, 0.717) is 12.1 Å². The molecular weight excluding hydrogens is 396 g/mol. The number of anilines is 1. The van der Waals surface area contributed by atoms with Gasteiger partial charge in [0.15, 0.2) is 0 Å². The van der Waals surface area contributed by atoms with Crippen molar-refractivity contribution < 1.29 is 17.2 Å². The van der Waals surface area contributed by atoms with Crippen molar-refractivity contribution in [2.24, 2.45) is 10.2 Å². The van der Waals surface area contributed by atoms with Crippen molar-refractivity contribution in [3.63, 3.8) is 0 Å². The Morgan fingerprint density at radius 2 is 1.41 bits per heavy atom. The highest BCUT2D eigenvalue weighted by Crippen LogP contribution is 2.37. The van der Waals surface area contributed by atoms with Crippen LogP contribution in [0.4, 0.5) is 14.5 Å². The minimum atomic E-state index is -3.80. The predicted octanol–water partition coefficient (Wildman–Crippen LogP) is 3.97. The predicted molar refractivity (Wildman–Crippen MR) is 107 cm³/mol. The molecule has 0 spiro atoms. The van der Waals surface area contributed by atoms with Crippen LogP contribution in [0.2, 0.25) is 0 Å². The molecule has 0 saturated carbocycles. The van der Waals surface area contributed by atoms with Gasteiger partial charge in [-0.3, -0.25) is 5.01 Å². The summed E-state index contributed by atoms with van der Waals surface area (Å²) in [4.78, 5) is 0.00140. The fourth-order valence-electron chi connectivity index (χ4n) is 3.30. The first-order valence-electron chi connectivity index (χ1n) is 8.82. The number of nitrogens with zero attached hydrogens (tertiary/aromatic N) is 2. The summed E-state index contributed by atoms with van der Waals surface area (Å²) in [6, 6.07) is 18.0. The third kappa shape index (κ3) is 4.03. The minimum Gasteiger partial charge on any atom is -0.257 e. The van der Waals surface area contributed by atoms with Crippen LogP contribution in [0.1, 0.15) is 23.6 Å². The minimum absolute atomic E-state index is 0.00140. The van der Waals surface area contributed by atoms with E-state index >= 15 is 0 Å². The van der Waals surface area contributed by atoms with Crippen molar-refractivity contribution in [2.45, 2.75) is 17.4 Å². The van der Waals surface area contributed by atoms with Gasteiger partial charge in [0.1, 0.15) is 11.6 Å². The van der Waals surface area contributed by atoms with Crippen LogP contribution in [0, 0.1) is 11.6 Å². The van der Waals surface area contributed by atoms with Gasteiger partial charge >= 0.3 is 0 Å². The highest BCUT2D eigenvalue weighted by Gasteiger charge is 2.30. The second-order valence-corrected chi connectivity index (χ2v) is 8.27. The Morgan fingerprint density at radius 3 is 1.97 bits per heavy atom. The first-order valence-corrected chi connectivity index (χ1v) is 10.4. The van der Waals surface area contributed by atoms with E-state index in [1.807, 2.05) is 0 Å². The lowest BCUT2D eigenvalue weighted by Crippen LogP contribution is -2.19. The molecule has 0 aliphatic carbocycles. The van der Waals surface area contributed by atoms with E-state index in [9.17, 15) is 17.2 Å². The molecule has 1 heterocycles. The Bertz CT molecular complexity index is 1160. The molecule has 0 fully saturated rings. The monoisotopic (exact) mass is 413 g/mol. The van der Waals surface area contributed by atoms with E-state index < -0.39 is 10.0 Å². The van der Waals surface area contributed by atoms with Gasteiger partial charge in [-0.15, -0.1) is 0 Å². The molecule has 1 atom stereocenters. The van der Waals surface area contributed by atoms with Gasteiger partial charge in [0.2, 0.25) is 10.0 Å². The van der Waals surface area contributed by atoms with E-state index in [2.05, 4.69) is 5.10 Å². The molecular formula is C21H17F2N3O2S. The summed E-state index contributed by atoms with van der Waals surface area (Å²) in [5.41, 5.74) is 3.03. The second-order valence-electron chi connectivity index (χ2n) is 6.71. The Morgan fingerprint density at radius 1 is 0.862 bits per heavy atom. The number of primary sulfonamides is 1. The molecule has 8 heteroatoms. The average Bonchev–Trinajstić information content (AvgIpc) is 3.14. The molecule has 1 aliphatic heterocycles. The molecule has 0 aromatic heterocycles. The fourth-order valence-corrected chi connectivity index (χ4v) is 3.81. The van der Waals surface area contributed by atoms with Crippen LogP contribution < -0.4 is 10.1 Å². The zero-order valence-corrected chi connectivity index (χ0v) is 16.0. The van der Waals surface area contributed by atoms with Gasteiger partial charge in [-0.05, 0) is 59.7 Å². The normalized spacial score (nSPS) is 16.7. The maximum Gasteiger partial charge on any atom is 0.238 e. The summed E-state index contributed by atoms with van der Waals surface area (Å²) >= 11 is 0. The molecule has 0 unspecified atom stereocenters. The maximum absolute atomic E-state index is 13.4. The molecule has 3 aromatic rings. The number of nitrogens with two attached hydrogens (primary N) is 1. The lowest BCUT2D eigenvalue weighted by molar-refractivity contribution is 0.597. The Labute approximate surface area is 167 Å². The summed E-state index contributed by atoms with van der Waals surface area (Å²) in [6.07, 6.45) is 0.522. The summed E-state index contributed by atoms with van der Waals surface area (Å²) in [5, 5.41) is 11.6. The van der Waals surface area contributed by atoms with E-state index in [1.165, 1.54) is 36.4 Å². The molecule has 0 amide bonds. The molecule has 2 N–H and O–H groups in total. The van der Waals surface area contributed by atoms with Crippen LogP contribution in [0.5, 0.6) is 0 Å². The first-order chi connectivity index (χ1) is 13.8. The van der Waals surface area contributed by atoms with Gasteiger partial charge in [-0.25, -0.2) is 22.3 Å². The van der Waals surface area contributed by atoms with Gasteiger partial charge in [0, 0.05) is 6.42 Å². The number of benzene rings is 3. The number of hydrogen-bond acceptors (Lipinski definition) is 4. The first kappa shape index (κ1) is 19.2. The van der Waals surface area contributed by atoms with Crippen molar-refractivity contribution in [3.8, 4) is 0 Å². The van der Waals surface area contributed by atoms with Crippen LogP contribution in [-0.4, -0.2) is 14.1 Å². The molecule has 0 bridgehead atoms. The van der Waals surface area contributed by atoms with Crippen LogP contribution in [0.3, 0.4) is 0 Å². The number of sulfonamides is 1. The molecule has 148 valence electrons. The van der Waals surface area contributed by atoms with E-state index in [-0.39, 0.29) is 22.6 Å². The molecule has 1 aliphatic rings. The van der Waals surface area contributed by atoms with E-state index in [4.69, 9.17) is 5.14 Å². The molecule has 0 saturated heterocycles. The highest BCUT2D eigenvalue weighted by atomic mass is 32.2. The highest BCUT2D eigenvalue weighted by molar-refractivity contribution is 7.89. The van der Waals surface area contributed by atoms with Gasteiger partial charge in [0.25, 0.3) is 0 Å². The number of halogens is 2. The topological polar surface area (TPSA) is 75.8 Å². The van der Waals surface area contributed by atoms with Gasteiger partial charge in [0.05, 0.1) is 22.3 Å². The Kier molecular flexibility index (Phi) is 4.89. The number of hydrogen-bond donors (Lipinski definition) is 1. The quantitative estimate of drug-likeness (QED) is 0.703. The van der Waals surface area contributed by atoms with E-state index in [0.717, 1.165) is 16.8 Å². The molecule has 29 heavy (non-hydrogen) atoms. The van der Waals surface area contributed by atoms with Crippen molar-refractivity contribution >= 4 is 21.4 Å². The number of rotatable bonds is 4. The summed E-state index contributed by atoms with van der Waals surface area (Å²) in [5.74, 6) is -0.673. The summed E-state index contributed by atoms with van der Waals surface area (Å²) in [7, 11) is -3.80. The molecule has 0 radical (unpaired) electrons. The summed E-state index contributed by atoms with van der Waals surface area (Å²) < 4.78 is 49.7. The lowest BCUT2D eigenvalue weighted by atomic mass is 9.98. The lowest BCUT2D eigenvalue weighted by Gasteiger charge is -2.24. The Balaban J connectivity index is 1.74. The zero-order chi connectivity index (χ0) is 20.6. The van der Waals surface area contributed by atoms with Gasteiger partial charge < -0.3 is 0 Å². The molecule has 3 aromatic carbocycles. The second kappa shape index (κ2) is 7.38. The fraction of sp³-hybridized carbons (Fsp3) is 0.0952. The average molecular weight is 413 g/mol. The van der Waals surface area contributed by atoms with Gasteiger partial charge in [-0.2, -0.15) is 5.10 Å². The smallest absolute Gasteiger partial charge is 0.238 e. The SMILES string of the molecule is NS(=O)(=O)c1ccc(N2N=C(c3ccc(F)cc3)C[C@@H]2c2ccc(F)cc2)cc1. The van der Waals surface area contributed by atoms with Crippen molar-refractivity contribution in [1.29, 1.82) is 0 Å². The molecule has 4 rings (SSSR count). The van der Waals surface area contributed by atoms with Crippen molar-refractivity contribution in [2.75, 3.05) is 5.01 Å². The zero-order valence-electron chi connectivity index (χ0n) is 15.2.